The zero-order valence-electron chi connectivity index (χ0n) is 9.28. The summed E-state index contributed by atoms with van der Waals surface area (Å²) in [5, 5.41) is 0. The fourth-order valence-corrected chi connectivity index (χ4v) is 1.29. The molecule has 3 heteroatoms. The summed E-state index contributed by atoms with van der Waals surface area (Å²) < 4.78 is 0. The number of nitrogens with zero attached hydrogens (tertiary/aromatic N) is 1. The van der Waals surface area contributed by atoms with Crippen LogP contribution in [-0.4, -0.2) is 30.7 Å². The van der Waals surface area contributed by atoms with Crippen LogP contribution in [0.15, 0.2) is 24.3 Å². The number of carbonyl (C=O) groups is 2. The van der Waals surface area contributed by atoms with E-state index in [1.54, 1.807) is 38.4 Å². The molecule has 0 saturated carbocycles. The summed E-state index contributed by atoms with van der Waals surface area (Å²) >= 11 is 0. The molecular weight excluding hydrogens is 190 g/mol. The van der Waals surface area contributed by atoms with Crippen LogP contribution in [0.1, 0.15) is 34.1 Å². The SMILES string of the molecule is CCC(=O)c1cccc(C(=O)N(C)C)c1. The molecule has 0 aromatic heterocycles. The van der Waals surface area contributed by atoms with E-state index in [1.807, 2.05) is 6.92 Å². The van der Waals surface area contributed by atoms with E-state index in [2.05, 4.69) is 0 Å². The summed E-state index contributed by atoms with van der Waals surface area (Å²) in [6.07, 6.45) is 0.458. The van der Waals surface area contributed by atoms with Gasteiger partial charge in [-0.15, -0.1) is 0 Å². The highest BCUT2D eigenvalue weighted by Gasteiger charge is 2.10. The van der Waals surface area contributed by atoms with Crippen LogP contribution in [0.25, 0.3) is 0 Å². The summed E-state index contributed by atoms with van der Waals surface area (Å²) in [5.41, 5.74) is 1.16. The number of rotatable bonds is 3. The van der Waals surface area contributed by atoms with Crippen molar-refractivity contribution in [3.63, 3.8) is 0 Å². The molecule has 1 rings (SSSR count). The number of amides is 1. The lowest BCUT2D eigenvalue weighted by Crippen LogP contribution is -2.21. The first-order valence-electron chi connectivity index (χ1n) is 4.91. The topological polar surface area (TPSA) is 37.4 Å². The van der Waals surface area contributed by atoms with Gasteiger partial charge in [-0.1, -0.05) is 19.1 Å². The van der Waals surface area contributed by atoms with Gasteiger partial charge in [-0.25, -0.2) is 0 Å². The summed E-state index contributed by atoms with van der Waals surface area (Å²) in [5.74, 6) is -0.0239. The van der Waals surface area contributed by atoms with Crippen LogP contribution in [0, 0.1) is 0 Å². The molecule has 1 amide bonds. The zero-order valence-corrected chi connectivity index (χ0v) is 9.28. The third kappa shape index (κ3) is 2.65. The van der Waals surface area contributed by atoms with Gasteiger partial charge in [0.05, 0.1) is 0 Å². The second kappa shape index (κ2) is 4.73. The van der Waals surface area contributed by atoms with Crippen molar-refractivity contribution in [2.45, 2.75) is 13.3 Å². The fourth-order valence-electron chi connectivity index (χ4n) is 1.29. The molecule has 0 N–H and O–H groups in total. The Morgan fingerprint density at radius 2 is 1.80 bits per heavy atom. The lowest BCUT2D eigenvalue weighted by atomic mass is 10.1. The molecule has 1 aromatic rings. The third-order valence-corrected chi connectivity index (χ3v) is 2.16. The molecule has 80 valence electrons. The molecule has 3 nitrogen and oxygen atoms in total. The van der Waals surface area contributed by atoms with Gasteiger partial charge in [0.25, 0.3) is 5.91 Å². The van der Waals surface area contributed by atoms with Crippen LogP contribution in [0.2, 0.25) is 0 Å². The molecule has 0 aliphatic rings. The van der Waals surface area contributed by atoms with Gasteiger partial charge in [0.1, 0.15) is 0 Å². The normalized spacial score (nSPS) is 9.80. The van der Waals surface area contributed by atoms with Gasteiger partial charge < -0.3 is 4.90 Å². The van der Waals surface area contributed by atoms with E-state index in [9.17, 15) is 9.59 Å². The highest BCUT2D eigenvalue weighted by molar-refractivity contribution is 6.00. The molecule has 0 radical (unpaired) electrons. The van der Waals surface area contributed by atoms with Crippen molar-refractivity contribution in [1.29, 1.82) is 0 Å². The lowest BCUT2D eigenvalue weighted by molar-refractivity contribution is 0.0827. The summed E-state index contributed by atoms with van der Waals surface area (Å²) in [4.78, 5) is 24.6. The molecular formula is C12H15NO2. The first-order valence-corrected chi connectivity index (χ1v) is 4.91. The maximum absolute atomic E-state index is 11.6. The van der Waals surface area contributed by atoms with E-state index < -0.39 is 0 Å². The van der Waals surface area contributed by atoms with Crippen molar-refractivity contribution in [2.24, 2.45) is 0 Å². The van der Waals surface area contributed by atoms with E-state index in [0.717, 1.165) is 0 Å². The van der Waals surface area contributed by atoms with E-state index in [0.29, 0.717) is 17.5 Å². The number of benzene rings is 1. The van der Waals surface area contributed by atoms with Crippen LogP contribution in [0.4, 0.5) is 0 Å². The number of carbonyl (C=O) groups excluding carboxylic acids is 2. The second-order valence-electron chi connectivity index (χ2n) is 3.56. The van der Waals surface area contributed by atoms with Crippen molar-refractivity contribution in [2.75, 3.05) is 14.1 Å². The number of hydrogen-bond acceptors (Lipinski definition) is 2. The predicted octanol–water partition coefficient (Wildman–Crippen LogP) is 1.98. The lowest BCUT2D eigenvalue weighted by Gasteiger charge is -2.10. The standard InChI is InChI=1S/C12H15NO2/c1-4-11(14)9-6-5-7-10(8-9)12(15)13(2)3/h5-8H,4H2,1-3H3. The molecule has 0 heterocycles. The Labute approximate surface area is 89.7 Å². The van der Waals surface area contributed by atoms with Crippen LogP contribution in [0.5, 0.6) is 0 Å². The Morgan fingerprint density at radius 1 is 1.20 bits per heavy atom. The molecule has 0 saturated heterocycles. The van der Waals surface area contributed by atoms with Gasteiger partial charge in [0.2, 0.25) is 0 Å². The number of hydrogen-bond donors (Lipinski definition) is 0. The van der Waals surface area contributed by atoms with Crippen LogP contribution in [-0.2, 0) is 0 Å². The molecule has 0 aliphatic carbocycles. The van der Waals surface area contributed by atoms with E-state index in [-0.39, 0.29) is 11.7 Å². The first kappa shape index (κ1) is 11.4. The Morgan fingerprint density at radius 3 is 2.33 bits per heavy atom. The maximum atomic E-state index is 11.6. The Hall–Kier alpha value is -1.64. The van der Waals surface area contributed by atoms with Crippen LogP contribution >= 0.6 is 0 Å². The van der Waals surface area contributed by atoms with Gasteiger partial charge in [-0.05, 0) is 12.1 Å². The van der Waals surface area contributed by atoms with Crippen LogP contribution in [0.3, 0.4) is 0 Å². The zero-order chi connectivity index (χ0) is 11.4. The average Bonchev–Trinajstić information content (AvgIpc) is 2.27. The highest BCUT2D eigenvalue weighted by Crippen LogP contribution is 2.09. The van der Waals surface area contributed by atoms with Gasteiger partial charge in [-0.2, -0.15) is 0 Å². The molecule has 15 heavy (non-hydrogen) atoms. The second-order valence-corrected chi connectivity index (χ2v) is 3.56. The molecule has 0 unspecified atom stereocenters. The maximum Gasteiger partial charge on any atom is 0.253 e. The molecule has 0 fully saturated rings. The smallest absolute Gasteiger partial charge is 0.253 e. The Kier molecular flexibility index (Phi) is 3.61. The van der Waals surface area contributed by atoms with E-state index in [4.69, 9.17) is 0 Å². The minimum atomic E-state index is -0.0826. The number of Topliss-reactive ketones (excluding diaryl/α,β-unsaturated/α-hetero) is 1. The van der Waals surface area contributed by atoms with Crippen molar-refractivity contribution in [3.05, 3.63) is 35.4 Å². The van der Waals surface area contributed by atoms with Gasteiger partial charge in [0, 0.05) is 31.6 Å². The molecule has 0 aliphatic heterocycles. The van der Waals surface area contributed by atoms with Crippen molar-refractivity contribution in [1.82, 2.24) is 4.90 Å². The van der Waals surface area contributed by atoms with E-state index >= 15 is 0 Å². The molecule has 1 aromatic carbocycles. The van der Waals surface area contributed by atoms with Crippen LogP contribution < -0.4 is 0 Å². The quantitative estimate of drug-likeness (QED) is 0.707. The summed E-state index contributed by atoms with van der Waals surface area (Å²) in [7, 11) is 3.38. The largest absolute Gasteiger partial charge is 0.345 e. The average molecular weight is 205 g/mol. The first-order chi connectivity index (χ1) is 7.06. The van der Waals surface area contributed by atoms with Gasteiger partial charge in [-0.3, -0.25) is 9.59 Å². The summed E-state index contributed by atoms with van der Waals surface area (Å²) in [6, 6.07) is 6.83. The van der Waals surface area contributed by atoms with Crippen molar-refractivity contribution < 1.29 is 9.59 Å². The Bertz CT molecular complexity index is 383. The molecule has 0 spiro atoms. The minimum Gasteiger partial charge on any atom is -0.345 e. The van der Waals surface area contributed by atoms with Crippen molar-refractivity contribution in [3.8, 4) is 0 Å². The number of ketones is 1. The molecule has 0 bridgehead atoms. The third-order valence-electron chi connectivity index (χ3n) is 2.16. The Balaban J connectivity index is 3.02. The molecule has 0 atom stereocenters. The van der Waals surface area contributed by atoms with Gasteiger partial charge in [0.15, 0.2) is 5.78 Å². The fraction of sp³-hybridized carbons (Fsp3) is 0.333. The van der Waals surface area contributed by atoms with E-state index in [1.165, 1.54) is 4.90 Å². The minimum absolute atomic E-state index is 0.0587. The summed E-state index contributed by atoms with van der Waals surface area (Å²) in [6.45, 7) is 1.81. The predicted molar refractivity (Wildman–Crippen MR) is 59.1 cm³/mol. The van der Waals surface area contributed by atoms with Gasteiger partial charge >= 0.3 is 0 Å². The highest BCUT2D eigenvalue weighted by atomic mass is 16.2. The van der Waals surface area contributed by atoms with Crippen molar-refractivity contribution >= 4 is 11.7 Å². The monoisotopic (exact) mass is 205 g/mol.